The minimum Gasteiger partial charge on any atom is -0.478 e. The number of rotatable bonds is 3. The van der Waals surface area contributed by atoms with Gasteiger partial charge in [0.1, 0.15) is 0 Å². The Hall–Kier alpha value is -1.59. The van der Waals surface area contributed by atoms with Crippen molar-refractivity contribution in [1.82, 2.24) is 0 Å². The van der Waals surface area contributed by atoms with Gasteiger partial charge in [-0.15, -0.1) is 0 Å². The summed E-state index contributed by atoms with van der Waals surface area (Å²) >= 11 is 5.86. The number of nitrogens with one attached hydrogen (secondary N) is 1. The number of ether oxygens (including phenoxy) is 1. The molecule has 0 radical (unpaired) electrons. The van der Waals surface area contributed by atoms with E-state index in [1.54, 1.807) is 0 Å². The molecule has 1 amide bonds. The summed E-state index contributed by atoms with van der Waals surface area (Å²) in [6, 6.07) is 4.37. The number of hydrogen-bond donors (Lipinski definition) is 2. The SMILES string of the molecule is CC1CC(C(=O)Nc2ccc(C(=O)O)c(Cl)c2)CCO1. The first kappa shape index (κ1) is 14.8. The van der Waals surface area contributed by atoms with Gasteiger partial charge in [-0.2, -0.15) is 0 Å². The number of amides is 1. The molecular weight excluding hydrogens is 282 g/mol. The van der Waals surface area contributed by atoms with Gasteiger partial charge in [-0.25, -0.2) is 4.79 Å². The van der Waals surface area contributed by atoms with Crippen molar-refractivity contribution in [3.8, 4) is 0 Å². The lowest BCUT2D eigenvalue weighted by molar-refractivity contribution is -0.124. The van der Waals surface area contributed by atoms with Crippen LogP contribution in [0.15, 0.2) is 18.2 Å². The molecule has 6 heteroatoms. The van der Waals surface area contributed by atoms with Crippen LogP contribution in [-0.2, 0) is 9.53 Å². The Morgan fingerprint density at radius 2 is 2.20 bits per heavy atom. The minimum absolute atomic E-state index is 0.0179. The highest BCUT2D eigenvalue weighted by Gasteiger charge is 2.25. The molecule has 1 aliphatic heterocycles. The molecule has 0 aliphatic carbocycles. The maximum absolute atomic E-state index is 12.1. The molecule has 0 bridgehead atoms. The fourth-order valence-corrected chi connectivity index (χ4v) is 2.51. The van der Waals surface area contributed by atoms with E-state index in [0.29, 0.717) is 25.1 Å². The van der Waals surface area contributed by atoms with Gasteiger partial charge in [0.2, 0.25) is 5.91 Å². The van der Waals surface area contributed by atoms with Gasteiger partial charge in [0, 0.05) is 18.2 Å². The van der Waals surface area contributed by atoms with E-state index in [-0.39, 0.29) is 28.5 Å². The summed E-state index contributed by atoms with van der Waals surface area (Å²) in [6.07, 6.45) is 1.46. The Morgan fingerprint density at radius 3 is 2.80 bits per heavy atom. The summed E-state index contributed by atoms with van der Waals surface area (Å²) < 4.78 is 5.40. The first-order valence-electron chi connectivity index (χ1n) is 6.42. The fraction of sp³-hybridized carbons (Fsp3) is 0.429. The van der Waals surface area contributed by atoms with Crippen LogP contribution < -0.4 is 5.32 Å². The van der Waals surface area contributed by atoms with Gasteiger partial charge in [0.15, 0.2) is 0 Å². The molecule has 1 saturated heterocycles. The number of halogens is 1. The highest BCUT2D eigenvalue weighted by molar-refractivity contribution is 6.33. The van der Waals surface area contributed by atoms with Crippen LogP contribution in [0.25, 0.3) is 0 Å². The largest absolute Gasteiger partial charge is 0.478 e. The minimum atomic E-state index is -1.09. The molecule has 2 unspecified atom stereocenters. The van der Waals surface area contributed by atoms with Gasteiger partial charge in [0.05, 0.1) is 16.7 Å². The van der Waals surface area contributed by atoms with Crippen molar-refractivity contribution in [1.29, 1.82) is 0 Å². The molecule has 1 aliphatic rings. The number of carboxylic acid groups (broad SMARTS) is 1. The van der Waals surface area contributed by atoms with Crippen LogP contribution in [0, 0.1) is 5.92 Å². The zero-order valence-corrected chi connectivity index (χ0v) is 11.8. The van der Waals surface area contributed by atoms with Crippen molar-refractivity contribution >= 4 is 29.2 Å². The lowest BCUT2D eigenvalue weighted by Gasteiger charge is -2.26. The number of hydrogen-bond acceptors (Lipinski definition) is 3. The third-order valence-corrected chi connectivity index (χ3v) is 3.64. The number of anilines is 1. The molecule has 1 aromatic rings. The van der Waals surface area contributed by atoms with Crippen LogP contribution in [0.2, 0.25) is 5.02 Å². The summed E-state index contributed by atoms with van der Waals surface area (Å²) in [4.78, 5) is 23.0. The Bertz CT molecular complexity index is 532. The third-order valence-electron chi connectivity index (χ3n) is 3.32. The Balaban J connectivity index is 2.04. The standard InChI is InChI=1S/C14H16ClNO4/c1-8-6-9(4-5-20-8)13(17)16-10-2-3-11(14(18)19)12(15)7-10/h2-3,7-9H,4-6H2,1H3,(H,16,17)(H,18,19). The van der Waals surface area contributed by atoms with Gasteiger partial charge in [-0.1, -0.05) is 11.6 Å². The fourth-order valence-electron chi connectivity index (χ4n) is 2.25. The highest BCUT2D eigenvalue weighted by atomic mass is 35.5. The second kappa shape index (κ2) is 6.24. The van der Waals surface area contributed by atoms with Gasteiger partial charge >= 0.3 is 5.97 Å². The molecule has 1 aromatic carbocycles. The van der Waals surface area contributed by atoms with Crippen LogP contribution in [-0.4, -0.2) is 29.7 Å². The average Bonchev–Trinajstić information content (AvgIpc) is 2.38. The Labute approximate surface area is 121 Å². The molecule has 2 rings (SSSR count). The smallest absolute Gasteiger partial charge is 0.337 e. The van der Waals surface area contributed by atoms with Crippen LogP contribution in [0.4, 0.5) is 5.69 Å². The second-order valence-corrected chi connectivity index (χ2v) is 5.30. The predicted molar refractivity (Wildman–Crippen MR) is 75.2 cm³/mol. The summed E-state index contributed by atoms with van der Waals surface area (Å²) in [5, 5.41) is 11.8. The maximum atomic E-state index is 12.1. The summed E-state index contributed by atoms with van der Waals surface area (Å²) in [7, 11) is 0. The maximum Gasteiger partial charge on any atom is 0.337 e. The average molecular weight is 298 g/mol. The first-order valence-corrected chi connectivity index (χ1v) is 6.80. The van der Waals surface area contributed by atoms with E-state index in [4.69, 9.17) is 21.4 Å². The lowest BCUT2D eigenvalue weighted by atomic mass is 9.95. The van der Waals surface area contributed by atoms with Crippen molar-refractivity contribution in [3.05, 3.63) is 28.8 Å². The summed E-state index contributed by atoms with van der Waals surface area (Å²) in [5.74, 6) is -1.26. The molecule has 108 valence electrons. The second-order valence-electron chi connectivity index (χ2n) is 4.89. The topological polar surface area (TPSA) is 75.6 Å². The first-order chi connectivity index (χ1) is 9.47. The van der Waals surface area contributed by atoms with Gasteiger partial charge in [-0.05, 0) is 38.0 Å². The van der Waals surface area contributed by atoms with Crippen LogP contribution in [0.3, 0.4) is 0 Å². The zero-order chi connectivity index (χ0) is 14.7. The van der Waals surface area contributed by atoms with E-state index in [0.717, 1.165) is 0 Å². The van der Waals surface area contributed by atoms with Crippen LogP contribution in [0.1, 0.15) is 30.1 Å². The number of benzene rings is 1. The van der Waals surface area contributed by atoms with Gasteiger partial charge in [-0.3, -0.25) is 4.79 Å². The van der Waals surface area contributed by atoms with E-state index >= 15 is 0 Å². The molecule has 1 heterocycles. The van der Waals surface area contributed by atoms with Crippen molar-refractivity contribution in [2.24, 2.45) is 5.92 Å². The molecule has 2 atom stereocenters. The molecule has 5 nitrogen and oxygen atoms in total. The molecule has 0 spiro atoms. The third kappa shape index (κ3) is 3.49. The van der Waals surface area contributed by atoms with E-state index in [9.17, 15) is 9.59 Å². The molecule has 1 fully saturated rings. The molecule has 0 saturated carbocycles. The number of carboxylic acids is 1. The van der Waals surface area contributed by atoms with Gasteiger partial charge < -0.3 is 15.2 Å². The van der Waals surface area contributed by atoms with E-state index in [1.807, 2.05) is 6.92 Å². The van der Waals surface area contributed by atoms with Gasteiger partial charge in [0.25, 0.3) is 0 Å². The Kier molecular flexibility index (Phi) is 4.62. The molecule has 2 N–H and O–H groups in total. The van der Waals surface area contributed by atoms with E-state index in [1.165, 1.54) is 18.2 Å². The van der Waals surface area contributed by atoms with Crippen molar-refractivity contribution in [2.45, 2.75) is 25.9 Å². The zero-order valence-electron chi connectivity index (χ0n) is 11.1. The summed E-state index contributed by atoms with van der Waals surface area (Å²) in [5.41, 5.74) is 0.522. The van der Waals surface area contributed by atoms with Crippen molar-refractivity contribution < 1.29 is 19.4 Å². The number of carbonyl (C=O) groups excluding carboxylic acids is 1. The number of aromatic carboxylic acids is 1. The quantitative estimate of drug-likeness (QED) is 0.899. The van der Waals surface area contributed by atoms with Crippen molar-refractivity contribution in [2.75, 3.05) is 11.9 Å². The van der Waals surface area contributed by atoms with Crippen LogP contribution >= 0.6 is 11.6 Å². The van der Waals surface area contributed by atoms with Crippen molar-refractivity contribution in [3.63, 3.8) is 0 Å². The molecule has 0 aromatic heterocycles. The molecular formula is C14H16ClNO4. The normalized spacial score (nSPS) is 22.3. The Morgan fingerprint density at radius 1 is 1.45 bits per heavy atom. The lowest BCUT2D eigenvalue weighted by Crippen LogP contribution is -2.32. The van der Waals surface area contributed by atoms with E-state index < -0.39 is 5.97 Å². The van der Waals surface area contributed by atoms with Crippen LogP contribution in [0.5, 0.6) is 0 Å². The van der Waals surface area contributed by atoms with E-state index in [2.05, 4.69) is 5.32 Å². The predicted octanol–water partition coefficient (Wildman–Crippen LogP) is 2.79. The number of carbonyl (C=O) groups is 2. The monoisotopic (exact) mass is 297 g/mol. The highest BCUT2D eigenvalue weighted by Crippen LogP contribution is 2.24. The molecule has 20 heavy (non-hydrogen) atoms. The summed E-state index contributed by atoms with van der Waals surface area (Å²) in [6.45, 7) is 2.52.